The van der Waals surface area contributed by atoms with Crippen molar-refractivity contribution in [3.63, 3.8) is 0 Å². The van der Waals surface area contributed by atoms with Gasteiger partial charge < -0.3 is 14.2 Å². The molecular formula is C16H25N3O3. The van der Waals surface area contributed by atoms with Crippen LogP contribution in [-0.2, 0) is 11.8 Å². The average Bonchev–Trinajstić information content (AvgIpc) is 2.76. The van der Waals surface area contributed by atoms with E-state index in [0.29, 0.717) is 39.3 Å². The number of rotatable bonds is 4. The van der Waals surface area contributed by atoms with Crippen molar-refractivity contribution in [2.24, 2.45) is 7.05 Å². The van der Waals surface area contributed by atoms with Crippen molar-refractivity contribution < 1.29 is 14.3 Å². The molecule has 1 amide bonds. The van der Waals surface area contributed by atoms with Gasteiger partial charge in [0.25, 0.3) is 0 Å². The van der Waals surface area contributed by atoms with E-state index in [1.54, 1.807) is 11.8 Å². The van der Waals surface area contributed by atoms with Gasteiger partial charge in [-0.25, -0.2) is 4.79 Å². The zero-order chi connectivity index (χ0) is 16.3. The zero-order valence-electron chi connectivity index (χ0n) is 13.9. The lowest BCUT2D eigenvalue weighted by Crippen LogP contribution is -2.50. The topological polar surface area (TPSA) is 54.8 Å². The lowest BCUT2D eigenvalue weighted by molar-refractivity contribution is 0.0733. The Bertz CT molecular complexity index is 557. The standard InChI is InChI=1S/C16H25N3O3/c1-5-22-16(21)19-8-6-18(7-9-19)11-15(20)14-10-12(2)17(4)13(14)3/h10H,5-9,11H2,1-4H3. The molecule has 22 heavy (non-hydrogen) atoms. The molecule has 2 heterocycles. The molecule has 1 aromatic heterocycles. The molecule has 0 aliphatic carbocycles. The summed E-state index contributed by atoms with van der Waals surface area (Å²) in [6, 6.07) is 1.95. The predicted octanol–water partition coefficient (Wildman–Crippen LogP) is 1.60. The number of carbonyl (C=O) groups excluding carboxylic acids is 2. The molecule has 1 aliphatic heterocycles. The Morgan fingerprint density at radius 3 is 2.32 bits per heavy atom. The van der Waals surface area contributed by atoms with E-state index < -0.39 is 0 Å². The second-order valence-corrected chi connectivity index (χ2v) is 5.73. The summed E-state index contributed by atoms with van der Waals surface area (Å²) in [6.45, 7) is 9.20. The number of piperazine rings is 1. The van der Waals surface area contributed by atoms with Crippen molar-refractivity contribution in [1.29, 1.82) is 0 Å². The minimum absolute atomic E-state index is 0.144. The van der Waals surface area contributed by atoms with Crippen LogP contribution in [0.4, 0.5) is 4.79 Å². The van der Waals surface area contributed by atoms with Crippen LogP contribution in [0.2, 0.25) is 0 Å². The van der Waals surface area contributed by atoms with E-state index in [1.165, 1.54) is 0 Å². The normalized spacial score (nSPS) is 15.9. The molecule has 1 saturated heterocycles. The average molecular weight is 307 g/mol. The van der Waals surface area contributed by atoms with Crippen LogP contribution in [0.1, 0.15) is 28.7 Å². The number of ether oxygens (including phenoxy) is 1. The number of Topliss-reactive ketones (excluding diaryl/α,β-unsaturated/α-hetero) is 1. The Hall–Kier alpha value is -1.82. The number of nitrogens with zero attached hydrogens (tertiary/aromatic N) is 3. The molecule has 1 aromatic rings. The number of aryl methyl sites for hydroxylation is 1. The smallest absolute Gasteiger partial charge is 0.409 e. The maximum atomic E-state index is 12.5. The van der Waals surface area contributed by atoms with E-state index in [1.807, 2.05) is 31.5 Å². The third-order valence-electron chi connectivity index (χ3n) is 4.34. The fraction of sp³-hybridized carbons (Fsp3) is 0.625. The quantitative estimate of drug-likeness (QED) is 0.793. The molecule has 0 unspecified atom stereocenters. The van der Waals surface area contributed by atoms with Crippen LogP contribution in [0.15, 0.2) is 6.07 Å². The van der Waals surface area contributed by atoms with E-state index in [4.69, 9.17) is 4.74 Å². The van der Waals surface area contributed by atoms with Gasteiger partial charge >= 0.3 is 6.09 Å². The van der Waals surface area contributed by atoms with Gasteiger partial charge in [-0.05, 0) is 26.8 Å². The zero-order valence-corrected chi connectivity index (χ0v) is 13.9. The first-order valence-corrected chi connectivity index (χ1v) is 7.74. The molecule has 1 fully saturated rings. The molecule has 6 nitrogen and oxygen atoms in total. The van der Waals surface area contributed by atoms with Gasteiger partial charge in [-0.1, -0.05) is 0 Å². The molecular weight excluding hydrogens is 282 g/mol. The van der Waals surface area contributed by atoms with Crippen LogP contribution in [-0.4, -0.2) is 65.6 Å². The Morgan fingerprint density at radius 2 is 1.82 bits per heavy atom. The van der Waals surface area contributed by atoms with Crippen LogP contribution in [0.3, 0.4) is 0 Å². The first-order chi connectivity index (χ1) is 10.4. The first kappa shape index (κ1) is 16.5. The van der Waals surface area contributed by atoms with Gasteiger partial charge in [0.05, 0.1) is 13.2 Å². The molecule has 1 aliphatic rings. The Morgan fingerprint density at radius 1 is 1.18 bits per heavy atom. The molecule has 2 rings (SSSR count). The molecule has 0 saturated carbocycles. The number of carbonyl (C=O) groups is 2. The van der Waals surface area contributed by atoms with Crippen LogP contribution in [0.5, 0.6) is 0 Å². The van der Waals surface area contributed by atoms with Gasteiger partial charge in [0.2, 0.25) is 0 Å². The predicted molar refractivity (Wildman–Crippen MR) is 84.3 cm³/mol. The molecule has 0 aromatic carbocycles. The second-order valence-electron chi connectivity index (χ2n) is 5.73. The SMILES string of the molecule is CCOC(=O)N1CCN(CC(=O)c2cc(C)n(C)c2C)CC1. The lowest BCUT2D eigenvalue weighted by Gasteiger charge is -2.33. The minimum Gasteiger partial charge on any atom is -0.450 e. The third-order valence-corrected chi connectivity index (χ3v) is 4.34. The highest BCUT2D eigenvalue weighted by Crippen LogP contribution is 2.15. The molecule has 6 heteroatoms. The maximum Gasteiger partial charge on any atom is 0.409 e. The van der Waals surface area contributed by atoms with Gasteiger partial charge in [0.1, 0.15) is 0 Å². The van der Waals surface area contributed by atoms with E-state index in [0.717, 1.165) is 17.0 Å². The van der Waals surface area contributed by atoms with E-state index in [9.17, 15) is 9.59 Å². The summed E-state index contributed by atoms with van der Waals surface area (Å²) in [5, 5.41) is 0. The molecule has 0 radical (unpaired) electrons. The number of aromatic nitrogens is 1. The molecule has 0 atom stereocenters. The summed E-state index contributed by atoms with van der Waals surface area (Å²) in [5.41, 5.74) is 2.90. The van der Waals surface area contributed by atoms with Crippen LogP contribution in [0, 0.1) is 13.8 Å². The third kappa shape index (κ3) is 3.50. The fourth-order valence-corrected chi connectivity index (χ4v) is 2.73. The lowest BCUT2D eigenvalue weighted by atomic mass is 10.1. The maximum absolute atomic E-state index is 12.5. The van der Waals surface area contributed by atoms with E-state index >= 15 is 0 Å². The largest absolute Gasteiger partial charge is 0.450 e. The van der Waals surface area contributed by atoms with Crippen molar-refractivity contribution >= 4 is 11.9 Å². The Balaban J connectivity index is 1.89. The number of ketones is 1. The second kappa shape index (κ2) is 6.96. The van der Waals surface area contributed by atoms with Crippen LogP contribution >= 0.6 is 0 Å². The van der Waals surface area contributed by atoms with Crippen LogP contribution < -0.4 is 0 Å². The van der Waals surface area contributed by atoms with Crippen molar-refractivity contribution in [2.45, 2.75) is 20.8 Å². The molecule has 0 N–H and O–H groups in total. The monoisotopic (exact) mass is 307 g/mol. The van der Waals surface area contributed by atoms with Crippen molar-refractivity contribution in [1.82, 2.24) is 14.4 Å². The highest BCUT2D eigenvalue weighted by atomic mass is 16.6. The van der Waals surface area contributed by atoms with Crippen molar-refractivity contribution in [3.8, 4) is 0 Å². The van der Waals surface area contributed by atoms with E-state index in [2.05, 4.69) is 4.90 Å². The number of hydrogen-bond donors (Lipinski definition) is 0. The van der Waals surface area contributed by atoms with E-state index in [-0.39, 0.29) is 11.9 Å². The minimum atomic E-state index is -0.261. The molecule has 0 bridgehead atoms. The Labute approximate surface area is 131 Å². The summed E-state index contributed by atoms with van der Waals surface area (Å²) in [7, 11) is 1.97. The molecule has 122 valence electrons. The summed E-state index contributed by atoms with van der Waals surface area (Å²) in [5.74, 6) is 0.144. The van der Waals surface area contributed by atoms with Crippen molar-refractivity contribution in [2.75, 3.05) is 39.3 Å². The summed E-state index contributed by atoms with van der Waals surface area (Å²) in [6.07, 6.45) is -0.261. The highest BCUT2D eigenvalue weighted by Gasteiger charge is 2.24. The van der Waals surface area contributed by atoms with Gasteiger partial charge in [-0.2, -0.15) is 0 Å². The van der Waals surface area contributed by atoms with Crippen molar-refractivity contribution in [3.05, 3.63) is 23.0 Å². The van der Waals surface area contributed by atoms with Crippen LogP contribution in [0.25, 0.3) is 0 Å². The molecule has 0 spiro atoms. The van der Waals surface area contributed by atoms with Gasteiger partial charge in [0.15, 0.2) is 5.78 Å². The summed E-state index contributed by atoms with van der Waals surface area (Å²) >= 11 is 0. The van der Waals surface area contributed by atoms with Gasteiger partial charge in [0, 0.05) is 50.2 Å². The first-order valence-electron chi connectivity index (χ1n) is 7.74. The van der Waals surface area contributed by atoms with Gasteiger partial charge in [-0.3, -0.25) is 9.69 Å². The summed E-state index contributed by atoms with van der Waals surface area (Å²) < 4.78 is 7.03. The highest BCUT2D eigenvalue weighted by molar-refractivity contribution is 5.99. The number of hydrogen-bond acceptors (Lipinski definition) is 4. The fourth-order valence-electron chi connectivity index (χ4n) is 2.73. The van der Waals surface area contributed by atoms with Gasteiger partial charge in [-0.15, -0.1) is 0 Å². The summed E-state index contributed by atoms with van der Waals surface area (Å²) in [4.78, 5) is 27.9. The Kier molecular flexibility index (Phi) is 5.24. The number of amides is 1.